The quantitative estimate of drug-likeness (QED) is 0.630. The fraction of sp³-hybridized carbons (Fsp3) is 0.250. The molecule has 1 aromatic heterocycles. The Balaban J connectivity index is 2.15. The lowest BCUT2D eigenvalue weighted by Crippen LogP contribution is -2.39. The molecule has 1 aromatic carbocycles. The number of hydrazone groups is 1. The van der Waals surface area contributed by atoms with Crippen molar-refractivity contribution in [2.24, 2.45) is 5.10 Å². The number of carbonyl (C=O) groups excluding carboxylic acids is 1. The van der Waals surface area contributed by atoms with E-state index in [9.17, 15) is 13.2 Å². The van der Waals surface area contributed by atoms with Crippen LogP contribution in [0.2, 0.25) is 0 Å². The second kappa shape index (κ2) is 7.59. The van der Waals surface area contributed by atoms with Gasteiger partial charge in [-0.15, -0.1) is 11.3 Å². The summed E-state index contributed by atoms with van der Waals surface area (Å²) >= 11 is 1.49. The molecule has 0 bridgehead atoms. The molecule has 24 heavy (non-hydrogen) atoms. The molecular weight excluding hydrogens is 346 g/mol. The molecule has 6 nitrogen and oxygen atoms in total. The minimum Gasteiger partial charge on any atom is -0.271 e. The molecule has 0 fully saturated rings. The van der Waals surface area contributed by atoms with Crippen LogP contribution in [0.4, 0.5) is 5.69 Å². The molecular formula is C16H19N3O3S2. The summed E-state index contributed by atoms with van der Waals surface area (Å²) in [6, 6.07) is 9.08. The van der Waals surface area contributed by atoms with Gasteiger partial charge in [-0.25, -0.2) is 13.8 Å². The van der Waals surface area contributed by atoms with E-state index >= 15 is 0 Å². The van der Waals surface area contributed by atoms with Crippen molar-refractivity contribution in [3.63, 3.8) is 0 Å². The number of carbonyl (C=O) groups is 1. The molecule has 0 unspecified atom stereocenters. The number of nitrogens with one attached hydrogen (secondary N) is 1. The number of rotatable bonds is 6. The highest BCUT2D eigenvalue weighted by molar-refractivity contribution is 7.92. The lowest BCUT2D eigenvalue weighted by Gasteiger charge is -2.23. The Morgan fingerprint density at radius 3 is 2.67 bits per heavy atom. The van der Waals surface area contributed by atoms with Crippen LogP contribution in [0.3, 0.4) is 0 Å². The third-order valence-corrected chi connectivity index (χ3v) is 5.39. The Hall–Kier alpha value is -2.19. The van der Waals surface area contributed by atoms with Crippen molar-refractivity contribution >= 4 is 39.2 Å². The number of nitrogens with zero attached hydrogens (tertiary/aromatic N) is 2. The Kier molecular flexibility index (Phi) is 5.74. The van der Waals surface area contributed by atoms with Crippen molar-refractivity contribution in [2.75, 3.05) is 17.1 Å². The molecule has 2 rings (SSSR count). The van der Waals surface area contributed by atoms with Crippen molar-refractivity contribution in [3.05, 3.63) is 51.7 Å². The average Bonchev–Trinajstić information content (AvgIpc) is 3.00. The van der Waals surface area contributed by atoms with Gasteiger partial charge in [-0.3, -0.25) is 9.10 Å². The third-order valence-electron chi connectivity index (χ3n) is 3.46. The first-order valence-electron chi connectivity index (χ1n) is 7.18. The monoisotopic (exact) mass is 365 g/mol. The van der Waals surface area contributed by atoms with Crippen molar-refractivity contribution in [1.82, 2.24) is 5.43 Å². The minimum absolute atomic E-state index is 0.328. The average molecular weight is 365 g/mol. The maximum Gasteiger partial charge on any atom is 0.260 e. The second-order valence-corrected chi connectivity index (χ2v) is 8.18. The summed E-state index contributed by atoms with van der Waals surface area (Å²) in [4.78, 5) is 13.0. The largest absolute Gasteiger partial charge is 0.271 e. The van der Waals surface area contributed by atoms with E-state index in [1.54, 1.807) is 12.1 Å². The molecule has 8 heteroatoms. The van der Waals surface area contributed by atoms with Crippen LogP contribution in [-0.2, 0) is 14.8 Å². The summed E-state index contributed by atoms with van der Waals surface area (Å²) in [6.45, 7) is 3.39. The number of aryl methyl sites for hydroxylation is 1. The van der Waals surface area contributed by atoms with E-state index < -0.39 is 15.9 Å². The van der Waals surface area contributed by atoms with Gasteiger partial charge in [-0.05, 0) is 42.5 Å². The Morgan fingerprint density at radius 2 is 2.04 bits per heavy atom. The minimum atomic E-state index is -3.60. The van der Waals surface area contributed by atoms with Crippen LogP contribution in [0, 0.1) is 13.8 Å². The van der Waals surface area contributed by atoms with Crippen LogP contribution in [0.5, 0.6) is 0 Å². The molecule has 1 heterocycles. The predicted molar refractivity (Wildman–Crippen MR) is 98.2 cm³/mol. The Morgan fingerprint density at radius 1 is 1.29 bits per heavy atom. The third kappa shape index (κ3) is 4.65. The zero-order chi connectivity index (χ0) is 17.7. The molecule has 0 saturated carbocycles. The first kappa shape index (κ1) is 18.2. The zero-order valence-corrected chi connectivity index (χ0v) is 15.3. The molecule has 128 valence electrons. The topological polar surface area (TPSA) is 78.8 Å². The Labute approximate surface area is 145 Å². The van der Waals surface area contributed by atoms with Gasteiger partial charge in [0.2, 0.25) is 10.0 Å². The standard InChI is InChI=1S/C16H19N3O3S2/c1-12-6-4-8-15(13(12)2)19(24(3,21)22)11-16(20)18-17-10-14-7-5-9-23-14/h4-10H,11H2,1-3H3,(H,18,20)/b17-10-. The van der Waals surface area contributed by atoms with E-state index in [-0.39, 0.29) is 6.54 Å². The highest BCUT2D eigenvalue weighted by Crippen LogP contribution is 2.24. The zero-order valence-electron chi connectivity index (χ0n) is 13.7. The number of benzene rings is 1. The van der Waals surface area contributed by atoms with E-state index in [4.69, 9.17) is 0 Å². The van der Waals surface area contributed by atoms with Gasteiger partial charge in [-0.2, -0.15) is 5.10 Å². The molecule has 0 aliphatic rings. The summed E-state index contributed by atoms with van der Waals surface area (Å²) < 4.78 is 25.3. The van der Waals surface area contributed by atoms with Gasteiger partial charge >= 0.3 is 0 Å². The highest BCUT2D eigenvalue weighted by atomic mass is 32.2. The number of hydrogen-bond donors (Lipinski definition) is 1. The van der Waals surface area contributed by atoms with Crippen LogP contribution in [0.15, 0.2) is 40.8 Å². The van der Waals surface area contributed by atoms with Gasteiger partial charge in [0.1, 0.15) is 6.54 Å². The number of anilines is 1. The maximum absolute atomic E-state index is 12.1. The van der Waals surface area contributed by atoms with E-state index in [2.05, 4.69) is 10.5 Å². The molecule has 0 aliphatic carbocycles. The second-order valence-electron chi connectivity index (χ2n) is 5.30. The fourth-order valence-electron chi connectivity index (χ4n) is 2.09. The molecule has 2 aromatic rings. The first-order chi connectivity index (χ1) is 11.3. The van der Waals surface area contributed by atoms with Gasteiger partial charge in [0, 0.05) is 4.88 Å². The summed E-state index contributed by atoms with van der Waals surface area (Å²) in [5.74, 6) is -0.505. The first-order valence-corrected chi connectivity index (χ1v) is 9.91. The fourth-order valence-corrected chi connectivity index (χ4v) is 3.58. The number of sulfonamides is 1. The van der Waals surface area contributed by atoms with Crippen molar-refractivity contribution in [3.8, 4) is 0 Å². The molecule has 0 saturated heterocycles. The number of thiophene rings is 1. The normalized spacial score (nSPS) is 11.6. The maximum atomic E-state index is 12.1. The van der Waals surface area contributed by atoms with Gasteiger partial charge in [0.15, 0.2) is 0 Å². The Bertz CT molecular complexity index is 843. The summed E-state index contributed by atoms with van der Waals surface area (Å²) in [7, 11) is -3.60. The highest BCUT2D eigenvalue weighted by Gasteiger charge is 2.22. The van der Waals surface area contributed by atoms with Crippen LogP contribution in [0.1, 0.15) is 16.0 Å². The van der Waals surface area contributed by atoms with Crippen molar-refractivity contribution in [1.29, 1.82) is 0 Å². The summed E-state index contributed by atoms with van der Waals surface area (Å²) in [6.07, 6.45) is 2.60. The van der Waals surface area contributed by atoms with Gasteiger partial charge in [0.25, 0.3) is 5.91 Å². The number of amides is 1. The molecule has 1 N–H and O–H groups in total. The van der Waals surface area contributed by atoms with Gasteiger partial charge in [0.05, 0.1) is 18.2 Å². The van der Waals surface area contributed by atoms with Crippen molar-refractivity contribution in [2.45, 2.75) is 13.8 Å². The lowest BCUT2D eigenvalue weighted by molar-refractivity contribution is -0.119. The van der Waals surface area contributed by atoms with Crippen molar-refractivity contribution < 1.29 is 13.2 Å². The van der Waals surface area contributed by atoms with E-state index in [0.717, 1.165) is 26.6 Å². The summed E-state index contributed by atoms with van der Waals surface area (Å²) in [5.41, 5.74) is 4.63. The molecule has 0 radical (unpaired) electrons. The molecule has 1 amide bonds. The lowest BCUT2D eigenvalue weighted by atomic mass is 10.1. The van der Waals surface area contributed by atoms with Gasteiger partial charge in [-0.1, -0.05) is 18.2 Å². The smallest absolute Gasteiger partial charge is 0.260 e. The van der Waals surface area contributed by atoms with Crippen LogP contribution < -0.4 is 9.73 Å². The molecule has 0 atom stereocenters. The summed E-state index contributed by atoms with van der Waals surface area (Å²) in [5, 5.41) is 5.74. The van der Waals surface area contributed by atoms with Crippen LogP contribution in [0.25, 0.3) is 0 Å². The van der Waals surface area contributed by atoms with E-state index in [1.165, 1.54) is 17.6 Å². The van der Waals surface area contributed by atoms with Crippen LogP contribution in [-0.4, -0.2) is 33.3 Å². The predicted octanol–water partition coefficient (Wildman–Crippen LogP) is 2.28. The molecule has 0 aliphatic heterocycles. The SMILES string of the molecule is Cc1cccc(N(CC(=O)N/N=C\c2cccs2)S(C)(=O)=O)c1C. The van der Waals surface area contributed by atoms with E-state index in [0.29, 0.717) is 5.69 Å². The van der Waals surface area contributed by atoms with Crippen LogP contribution >= 0.6 is 11.3 Å². The molecule has 0 spiro atoms. The number of hydrogen-bond acceptors (Lipinski definition) is 5. The van der Waals surface area contributed by atoms with E-state index in [1.807, 2.05) is 37.4 Å². The van der Waals surface area contributed by atoms with Gasteiger partial charge < -0.3 is 0 Å².